The van der Waals surface area contributed by atoms with E-state index in [4.69, 9.17) is 9.11 Å². The Hall–Kier alpha value is -0.220. The average Bonchev–Trinajstić information content (AvgIpc) is 1.79. The Kier molecular flexibility index (Phi) is 4.26. The van der Waals surface area contributed by atoms with Crippen LogP contribution in [0.5, 0.6) is 0 Å². The van der Waals surface area contributed by atoms with Crippen molar-refractivity contribution in [1.29, 1.82) is 0 Å². The summed E-state index contributed by atoms with van der Waals surface area (Å²) in [6, 6.07) is 0. The first-order chi connectivity index (χ1) is 5.64. The maximum absolute atomic E-state index is 10.3. The van der Waals surface area contributed by atoms with Gasteiger partial charge < -0.3 is 0 Å². The van der Waals surface area contributed by atoms with Gasteiger partial charge in [-0.15, -0.1) is 0 Å². The molecule has 0 amide bonds. The molecular formula is C4H10O7S2. The van der Waals surface area contributed by atoms with Gasteiger partial charge in [-0.25, -0.2) is 4.18 Å². The standard InChI is InChI=1S/C4H10O7S2/c1-2-4(3-12(5,6)7)11-13(8,9)10/h4H,2-3H2,1H3,(H,5,6,7)(H,8,9,10). The van der Waals surface area contributed by atoms with Crippen molar-refractivity contribution in [3.05, 3.63) is 0 Å². The van der Waals surface area contributed by atoms with Gasteiger partial charge in [0, 0.05) is 0 Å². The first-order valence-electron chi connectivity index (χ1n) is 3.25. The third kappa shape index (κ3) is 8.12. The lowest BCUT2D eigenvalue weighted by atomic mass is 10.3. The van der Waals surface area contributed by atoms with E-state index in [1.807, 2.05) is 0 Å². The second kappa shape index (κ2) is 4.33. The normalized spacial score (nSPS) is 15.6. The van der Waals surface area contributed by atoms with Gasteiger partial charge in [-0.05, 0) is 6.42 Å². The Morgan fingerprint density at radius 3 is 1.92 bits per heavy atom. The van der Waals surface area contributed by atoms with Crippen LogP contribution in [0.25, 0.3) is 0 Å². The van der Waals surface area contributed by atoms with E-state index < -0.39 is 32.4 Å². The lowest BCUT2D eigenvalue weighted by Crippen LogP contribution is -2.25. The summed E-state index contributed by atoms with van der Waals surface area (Å²) in [5.41, 5.74) is 0. The number of rotatable bonds is 5. The molecule has 0 saturated heterocycles. The number of hydrogen-bond donors (Lipinski definition) is 2. The monoisotopic (exact) mass is 234 g/mol. The SMILES string of the molecule is CCC(CS(=O)(=O)O)OS(=O)(=O)O. The Labute approximate surface area is 76.4 Å². The van der Waals surface area contributed by atoms with Crippen LogP contribution in [0.2, 0.25) is 0 Å². The summed E-state index contributed by atoms with van der Waals surface area (Å²) in [5.74, 6) is -0.872. The zero-order chi connectivity index (χ0) is 10.7. The van der Waals surface area contributed by atoms with Crippen LogP contribution < -0.4 is 0 Å². The smallest absolute Gasteiger partial charge is 0.285 e. The van der Waals surface area contributed by atoms with Gasteiger partial charge >= 0.3 is 10.4 Å². The molecule has 0 aromatic rings. The van der Waals surface area contributed by atoms with E-state index in [0.717, 1.165) is 0 Å². The fourth-order valence-corrected chi connectivity index (χ4v) is 2.03. The van der Waals surface area contributed by atoms with Crippen LogP contribution in [-0.2, 0) is 24.7 Å². The highest BCUT2D eigenvalue weighted by molar-refractivity contribution is 7.85. The van der Waals surface area contributed by atoms with Gasteiger partial charge in [-0.2, -0.15) is 16.8 Å². The molecule has 0 spiro atoms. The third-order valence-electron chi connectivity index (χ3n) is 1.11. The molecule has 0 aromatic heterocycles. The molecule has 0 saturated carbocycles. The van der Waals surface area contributed by atoms with Crippen LogP contribution in [0, 0.1) is 0 Å². The van der Waals surface area contributed by atoms with E-state index in [1.165, 1.54) is 6.92 Å². The van der Waals surface area contributed by atoms with Crippen molar-refractivity contribution < 1.29 is 30.1 Å². The fourth-order valence-electron chi connectivity index (χ4n) is 0.621. The minimum absolute atomic E-state index is 0.0274. The largest absolute Gasteiger partial charge is 0.397 e. The predicted octanol–water partition coefficient (Wildman–Crippen LogP) is -0.528. The molecule has 0 aliphatic carbocycles. The van der Waals surface area contributed by atoms with Gasteiger partial charge in [0.15, 0.2) is 0 Å². The summed E-state index contributed by atoms with van der Waals surface area (Å²) < 4.78 is 61.3. The van der Waals surface area contributed by atoms with Crippen LogP contribution >= 0.6 is 0 Å². The Morgan fingerprint density at radius 2 is 1.69 bits per heavy atom. The van der Waals surface area contributed by atoms with E-state index in [1.54, 1.807) is 0 Å². The van der Waals surface area contributed by atoms with Crippen LogP contribution in [0.15, 0.2) is 0 Å². The summed E-state index contributed by atoms with van der Waals surface area (Å²) in [7, 11) is -8.99. The first kappa shape index (κ1) is 12.8. The highest BCUT2D eigenvalue weighted by Crippen LogP contribution is 2.04. The van der Waals surface area contributed by atoms with Gasteiger partial charge in [0.1, 0.15) is 5.75 Å². The van der Waals surface area contributed by atoms with E-state index >= 15 is 0 Å². The van der Waals surface area contributed by atoms with Gasteiger partial charge in [-0.3, -0.25) is 9.11 Å². The molecule has 80 valence electrons. The molecule has 1 unspecified atom stereocenters. The number of hydrogen-bond acceptors (Lipinski definition) is 5. The summed E-state index contributed by atoms with van der Waals surface area (Å²) in [6.45, 7) is 1.45. The van der Waals surface area contributed by atoms with E-state index in [0.29, 0.717) is 0 Å². The molecule has 0 aromatic carbocycles. The second-order valence-corrected chi connectivity index (χ2v) is 4.85. The summed E-state index contributed by atoms with van der Waals surface area (Å²) >= 11 is 0. The van der Waals surface area contributed by atoms with Gasteiger partial charge in [0.2, 0.25) is 0 Å². The summed E-state index contributed by atoms with van der Waals surface area (Å²) in [5, 5.41) is 0. The van der Waals surface area contributed by atoms with Crippen LogP contribution in [0.3, 0.4) is 0 Å². The molecule has 9 heteroatoms. The topological polar surface area (TPSA) is 118 Å². The van der Waals surface area contributed by atoms with Crippen LogP contribution in [0.4, 0.5) is 0 Å². The van der Waals surface area contributed by atoms with Crippen molar-refractivity contribution in [2.24, 2.45) is 0 Å². The zero-order valence-electron chi connectivity index (χ0n) is 6.74. The average molecular weight is 234 g/mol. The lowest BCUT2D eigenvalue weighted by molar-refractivity contribution is 0.194. The van der Waals surface area contributed by atoms with Crippen molar-refractivity contribution >= 4 is 20.5 Å². The molecule has 0 fully saturated rings. The van der Waals surface area contributed by atoms with E-state index in [2.05, 4.69) is 4.18 Å². The maximum Gasteiger partial charge on any atom is 0.397 e. The third-order valence-corrected chi connectivity index (χ3v) is 2.42. The second-order valence-electron chi connectivity index (χ2n) is 2.30. The maximum atomic E-state index is 10.3. The quantitative estimate of drug-likeness (QED) is 0.614. The van der Waals surface area contributed by atoms with Gasteiger partial charge in [-0.1, -0.05) is 6.92 Å². The van der Waals surface area contributed by atoms with E-state index in [-0.39, 0.29) is 6.42 Å². The minimum Gasteiger partial charge on any atom is -0.285 e. The zero-order valence-corrected chi connectivity index (χ0v) is 8.38. The van der Waals surface area contributed by atoms with Crippen molar-refractivity contribution in [2.75, 3.05) is 5.75 Å². The molecular weight excluding hydrogens is 224 g/mol. The molecule has 0 bridgehead atoms. The van der Waals surface area contributed by atoms with Crippen molar-refractivity contribution in [3.63, 3.8) is 0 Å². The lowest BCUT2D eigenvalue weighted by Gasteiger charge is -2.10. The molecule has 7 nitrogen and oxygen atoms in total. The Morgan fingerprint density at radius 1 is 1.23 bits per heavy atom. The van der Waals surface area contributed by atoms with Crippen molar-refractivity contribution in [2.45, 2.75) is 19.4 Å². The molecule has 0 radical (unpaired) electrons. The fraction of sp³-hybridized carbons (Fsp3) is 1.00. The van der Waals surface area contributed by atoms with Gasteiger partial charge in [0.25, 0.3) is 10.1 Å². The Balaban J connectivity index is 4.39. The molecule has 0 heterocycles. The molecule has 0 aliphatic rings. The highest BCUT2D eigenvalue weighted by atomic mass is 32.3. The molecule has 0 rings (SSSR count). The van der Waals surface area contributed by atoms with Gasteiger partial charge in [0.05, 0.1) is 6.10 Å². The first-order valence-corrected chi connectivity index (χ1v) is 6.22. The van der Waals surface area contributed by atoms with Crippen LogP contribution in [0.1, 0.15) is 13.3 Å². The van der Waals surface area contributed by atoms with Crippen LogP contribution in [-0.4, -0.2) is 37.8 Å². The summed E-state index contributed by atoms with van der Waals surface area (Å²) in [6.07, 6.45) is -1.25. The van der Waals surface area contributed by atoms with Crippen molar-refractivity contribution in [3.8, 4) is 0 Å². The Bertz CT molecular complexity index is 305. The highest BCUT2D eigenvalue weighted by Gasteiger charge is 2.21. The molecule has 13 heavy (non-hydrogen) atoms. The summed E-state index contributed by atoms with van der Waals surface area (Å²) in [4.78, 5) is 0. The molecule has 1 atom stereocenters. The van der Waals surface area contributed by atoms with E-state index in [9.17, 15) is 16.8 Å². The predicted molar refractivity (Wildman–Crippen MR) is 43.1 cm³/mol. The van der Waals surface area contributed by atoms with Crippen molar-refractivity contribution in [1.82, 2.24) is 0 Å². The molecule has 2 N–H and O–H groups in total. The minimum atomic E-state index is -4.68. The molecule has 0 aliphatic heterocycles.